The number of nitrogens with one attached hydrogen (secondary N) is 2. The van der Waals surface area contributed by atoms with Gasteiger partial charge in [-0.3, -0.25) is 19.2 Å². The second kappa shape index (κ2) is 17.8. The van der Waals surface area contributed by atoms with Crippen LogP contribution < -0.4 is 21.3 Å². The number of carbonyl (C=O) groups excluding carboxylic acids is 4. The van der Waals surface area contributed by atoms with Crippen LogP contribution >= 0.6 is 15.9 Å². The Bertz CT molecular complexity index is 1880. The first-order valence-corrected chi connectivity index (χ1v) is 18.1. The largest absolute Gasteiger partial charge is 0.478 e. The van der Waals surface area contributed by atoms with Gasteiger partial charge < -0.3 is 31.3 Å². The molecule has 0 unspecified atom stereocenters. The summed E-state index contributed by atoms with van der Waals surface area (Å²) in [5.41, 5.74) is 5.53. The Morgan fingerprint density at radius 3 is 2.19 bits per heavy atom. The molecule has 6 rings (SSSR count). The molecule has 3 aromatic carbocycles. The summed E-state index contributed by atoms with van der Waals surface area (Å²) in [6.45, 7) is 2.72. The van der Waals surface area contributed by atoms with Gasteiger partial charge in [0, 0.05) is 56.2 Å². The van der Waals surface area contributed by atoms with E-state index in [1.54, 1.807) is 23.2 Å². The van der Waals surface area contributed by atoms with Crippen LogP contribution in [-0.2, 0) is 25.6 Å². The van der Waals surface area contributed by atoms with Gasteiger partial charge in [0.05, 0.1) is 5.56 Å². The molecule has 1 aliphatic carbocycles. The fourth-order valence-electron chi connectivity index (χ4n) is 6.57. The molecule has 1 aliphatic heterocycles. The van der Waals surface area contributed by atoms with E-state index in [-0.39, 0.29) is 25.3 Å². The van der Waals surface area contributed by atoms with Gasteiger partial charge in [0.2, 0.25) is 23.6 Å². The van der Waals surface area contributed by atoms with Crippen molar-refractivity contribution in [2.75, 3.05) is 37.6 Å². The minimum absolute atomic E-state index is 0.0340. The van der Waals surface area contributed by atoms with Crippen molar-refractivity contribution < 1.29 is 29.1 Å². The van der Waals surface area contributed by atoms with Crippen LogP contribution in [0.3, 0.4) is 0 Å². The number of carboxylic acids is 1. The molecule has 1 saturated heterocycles. The van der Waals surface area contributed by atoms with Gasteiger partial charge in [-0.05, 0) is 65.6 Å². The summed E-state index contributed by atoms with van der Waals surface area (Å²) in [4.78, 5) is 70.3. The molecule has 2 aliphatic rings. The SMILES string of the molecule is NC(=O)C1(C(=O)N[C@H](Cc2ccccc2)C(=O)NCCC(=O)N2CCN(c3ccccn3)CC2)CCCC1.O=C(O)c1ccc2cc(Br)ccc2c1. The number of halogens is 1. The van der Waals surface area contributed by atoms with Gasteiger partial charge in [0.25, 0.3) is 0 Å². The van der Waals surface area contributed by atoms with E-state index in [4.69, 9.17) is 10.8 Å². The van der Waals surface area contributed by atoms with E-state index in [9.17, 15) is 24.0 Å². The fourth-order valence-corrected chi connectivity index (χ4v) is 6.95. The minimum Gasteiger partial charge on any atom is -0.478 e. The Labute approximate surface area is 310 Å². The third-order valence-corrected chi connectivity index (χ3v) is 10.1. The zero-order chi connectivity index (χ0) is 37.1. The van der Waals surface area contributed by atoms with Crippen LogP contribution in [-0.4, -0.2) is 83.4 Å². The average Bonchev–Trinajstić information content (AvgIpc) is 3.67. The van der Waals surface area contributed by atoms with Crippen LogP contribution in [0.2, 0.25) is 0 Å². The van der Waals surface area contributed by atoms with Gasteiger partial charge in [-0.1, -0.05) is 77.3 Å². The second-order valence-corrected chi connectivity index (χ2v) is 13.9. The third kappa shape index (κ3) is 9.72. The molecule has 0 bridgehead atoms. The maximum Gasteiger partial charge on any atom is 0.335 e. The number of fused-ring (bicyclic) bond motifs is 1. The summed E-state index contributed by atoms with van der Waals surface area (Å²) in [7, 11) is 0. The smallest absolute Gasteiger partial charge is 0.335 e. The van der Waals surface area contributed by atoms with Crippen molar-refractivity contribution in [1.82, 2.24) is 20.5 Å². The number of nitrogens with zero attached hydrogens (tertiary/aromatic N) is 3. The highest BCUT2D eigenvalue weighted by molar-refractivity contribution is 9.10. The van der Waals surface area contributed by atoms with E-state index in [0.717, 1.165) is 39.5 Å². The summed E-state index contributed by atoms with van der Waals surface area (Å²) in [5.74, 6) is -1.58. The van der Waals surface area contributed by atoms with Gasteiger partial charge in [0.15, 0.2) is 0 Å². The molecule has 0 spiro atoms. The quantitative estimate of drug-likeness (QED) is 0.163. The van der Waals surface area contributed by atoms with E-state index >= 15 is 0 Å². The molecule has 272 valence electrons. The Hall–Kier alpha value is -5.30. The number of benzene rings is 3. The zero-order valence-electron chi connectivity index (χ0n) is 28.8. The number of hydrogen-bond donors (Lipinski definition) is 4. The zero-order valence-corrected chi connectivity index (χ0v) is 30.4. The molecule has 13 heteroatoms. The van der Waals surface area contributed by atoms with E-state index in [2.05, 4.69) is 36.4 Å². The Morgan fingerprint density at radius 2 is 1.54 bits per heavy atom. The van der Waals surface area contributed by atoms with Crippen molar-refractivity contribution in [2.24, 2.45) is 11.1 Å². The molecule has 1 atom stereocenters. The number of aromatic nitrogens is 1. The lowest BCUT2D eigenvalue weighted by molar-refractivity contribution is -0.143. The molecule has 0 radical (unpaired) electrons. The topological polar surface area (TPSA) is 175 Å². The highest BCUT2D eigenvalue weighted by Crippen LogP contribution is 2.38. The number of carboxylic acid groups (broad SMARTS) is 1. The highest BCUT2D eigenvalue weighted by Gasteiger charge is 2.47. The summed E-state index contributed by atoms with van der Waals surface area (Å²) >= 11 is 3.36. The predicted octanol–water partition coefficient (Wildman–Crippen LogP) is 4.31. The van der Waals surface area contributed by atoms with Crippen LogP contribution in [0.5, 0.6) is 0 Å². The highest BCUT2D eigenvalue weighted by atomic mass is 79.9. The maximum absolute atomic E-state index is 13.2. The number of piperazine rings is 1. The van der Waals surface area contributed by atoms with Crippen molar-refractivity contribution in [2.45, 2.75) is 44.6 Å². The number of nitrogens with two attached hydrogens (primary N) is 1. The van der Waals surface area contributed by atoms with Crippen molar-refractivity contribution >= 4 is 62.1 Å². The molecule has 1 saturated carbocycles. The number of amides is 4. The predicted molar refractivity (Wildman–Crippen MR) is 201 cm³/mol. The molecular weight excluding hydrogens is 728 g/mol. The molecule has 1 aromatic heterocycles. The first-order valence-electron chi connectivity index (χ1n) is 17.3. The van der Waals surface area contributed by atoms with Crippen LogP contribution in [0.15, 0.2) is 95.6 Å². The standard InChI is InChI=1S/C28H36N6O4.C11H7BrO2/c29-26(37)28(12-5-6-13-28)27(38)32-22(20-21-8-2-1-3-9-21)25(36)31-15-11-24(35)34-18-16-33(17-19-34)23-10-4-7-14-30-23;12-10-4-3-7-5-9(11(13)14)2-1-8(7)6-10/h1-4,7-10,14,22H,5-6,11-13,15-20H2,(H2,29,37)(H,31,36)(H,32,38);1-6H,(H,13,14)/t22-;/m1./s1. The summed E-state index contributed by atoms with van der Waals surface area (Å²) < 4.78 is 0.994. The van der Waals surface area contributed by atoms with Crippen molar-refractivity contribution in [3.05, 3.63) is 107 Å². The Morgan fingerprint density at radius 1 is 0.865 bits per heavy atom. The number of pyridine rings is 1. The normalized spacial score (nSPS) is 15.6. The van der Waals surface area contributed by atoms with E-state index in [1.807, 2.05) is 72.8 Å². The van der Waals surface area contributed by atoms with E-state index < -0.39 is 35.1 Å². The maximum atomic E-state index is 13.2. The molecule has 2 fully saturated rings. The van der Waals surface area contributed by atoms with Crippen molar-refractivity contribution in [1.29, 1.82) is 0 Å². The lowest BCUT2D eigenvalue weighted by Gasteiger charge is -2.35. The van der Waals surface area contributed by atoms with Crippen LogP contribution in [0.1, 0.15) is 48.0 Å². The van der Waals surface area contributed by atoms with Crippen LogP contribution in [0, 0.1) is 5.41 Å². The van der Waals surface area contributed by atoms with Crippen LogP contribution in [0.25, 0.3) is 10.8 Å². The first-order chi connectivity index (χ1) is 25.1. The van der Waals surface area contributed by atoms with Gasteiger partial charge in [-0.25, -0.2) is 9.78 Å². The van der Waals surface area contributed by atoms with Gasteiger partial charge >= 0.3 is 5.97 Å². The third-order valence-electron chi connectivity index (χ3n) is 9.56. The van der Waals surface area contributed by atoms with Crippen molar-refractivity contribution in [3.8, 4) is 0 Å². The molecule has 12 nitrogen and oxygen atoms in total. The monoisotopic (exact) mass is 770 g/mol. The number of carbonyl (C=O) groups is 5. The average molecular weight is 772 g/mol. The van der Waals surface area contributed by atoms with Crippen molar-refractivity contribution in [3.63, 3.8) is 0 Å². The summed E-state index contributed by atoms with van der Waals surface area (Å²) in [6, 6.07) is 25.1. The lowest BCUT2D eigenvalue weighted by Crippen LogP contribution is -2.55. The first kappa shape index (κ1) is 37.9. The minimum atomic E-state index is -1.28. The molecule has 52 heavy (non-hydrogen) atoms. The number of primary amides is 1. The summed E-state index contributed by atoms with van der Waals surface area (Å²) in [6.07, 6.45) is 4.42. The molecule has 4 aromatic rings. The number of anilines is 1. The van der Waals surface area contributed by atoms with E-state index in [1.165, 1.54) is 0 Å². The number of hydrogen-bond acceptors (Lipinski definition) is 7. The fraction of sp³-hybridized carbons (Fsp3) is 0.333. The summed E-state index contributed by atoms with van der Waals surface area (Å²) in [5, 5.41) is 16.4. The van der Waals surface area contributed by atoms with Gasteiger partial charge in [-0.2, -0.15) is 0 Å². The number of aromatic carboxylic acids is 1. The van der Waals surface area contributed by atoms with Gasteiger partial charge in [0.1, 0.15) is 17.3 Å². The lowest BCUT2D eigenvalue weighted by atomic mass is 9.84. The number of rotatable bonds is 11. The second-order valence-electron chi connectivity index (χ2n) is 13.0. The van der Waals surface area contributed by atoms with Gasteiger partial charge in [-0.15, -0.1) is 0 Å². The van der Waals surface area contributed by atoms with Crippen LogP contribution in [0.4, 0.5) is 5.82 Å². The Balaban J connectivity index is 0.000000310. The molecular formula is C39H43BrN6O6. The Kier molecular flexibility index (Phi) is 13.0. The molecule has 4 amide bonds. The van der Waals surface area contributed by atoms with E-state index in [0.29, 0.717) is 44.6 Å². The molecule has 2 heterocycles. The molecule has 5 N–H and O–H groups in total.